The summed E-state index contributed by atoms with van der Waals surface area (Å²) < 4.78 is 41.5. The van der Waals surface area contributed by atoms with E-state index < -0.39 is 5.82 Å². The van der Waals surface area contributed by atoms with Gasteiger partial charge in [-0.25, -0.2) is 4.39 Å². The van der Waals surface area contributed by atoms with Crippen LogP contribution in [0.5, 0.6) is 23.0 Å². The number of rotatable bonds is 8. The largest absolute Gasteiger partial charge is 0.493 e. The second-order valence-electron chi connectivity index (χ2n) is 9.62. The predicted octanol–water partition coefficient (Wildman–Crippen LogP) is 5.69. The maximum atomic E-state index is 15.3. The number of benzene rings is 2. The number of carbonyl (C=O) groups excluding carboxylic acids is 1. The summed E-state index contributed by atoms with van der Waals surface area (Å²) in [7, 11) is 4.42. The fourth-order valence-electron chi connectivity index (χ4n) is 4.17. The van der Waals surface area contributed by atoms with E-state index in [1.807, 2.05) is 19.9 Å². The Morgan fingerprint density at radius 3 is 2.26 bits per heavy atom. The number of nitrogens with zero attached hydrogens (tertiary/aromatic N) is 2. The molecule has 35 heavy (non-hydrogen) atoms. The maximum absolute atomic E-state index is 15.3. The molecule has 7 nitrogen and oxygen atoms in total. The second kappa shape index (κ2) is 10.4. The first-order chi connectivity index (χ1) is 16.5. The lowest BCUT2D eigenvalue weighted by molar-refractivity contribution is 0.0962. The zero-order valence-electron chi connectivity index (χ0n) is 21.4. The van der Waals surface area contributed by atoms with Crippen molar-refractivity contribution in [2.24, 2.45) is 4.02 Å². The highest BCUT2D eigenvalue weighted by Gasteiger charge is 2.34. The third kappa shape index (κ3) is 5.24. The normalized spacial score (nSPS) is 14.4. The lowest BCUT2D eigenvalue weighted by Gasteiger charge is -2.26. The molecule has 0 saturated carbocycles. The molecule has 0 radical (unpaired) electrons. The van der Waals surface area contributed by atoms with Crippen molar-refractivity contribution in [1.82, 2.24) is 4.90 Å². The van der Waals surface area contributed by atoms with Crippen LogP contribution in [-0.4, -0.2) is 50.5 Å². The van der Waals surface area contributed by atoms with Gasteiger partial charge in [0.05, 0.1) is 55.7 Å². The maximum Gasteiger partial charge on any atom is 0.197 e. The van der Waals surface area contributed by atoms with E-state index in [1.165, 1.54) is 14.2 Å². The van der Waals surface area contributed by atoms with Gasteiger partial charge >= 0.3 is 0 Å². The lowest BCUT2D eigenvalue weighted by atomic mass is 9.84. The molecule has 1 aliphatic heterocycles. The molecule has 9 heteroatoms. The van der Waals surface area contributed by atoms with Crippen LogP contribution in [0.1, 0.15) is 61.7 Å². The third-order valence-corrected chi connectivity index (χ3v) is 6.08. The number of amidine groups is 1. The van der Waals surface area contributed by atoms with Crippen molar-refractivity contribution in [2.75, 3.05) is 27.9 Å². The van der Waals surface area contributed by atoms with E-state index in [4.69, 9.17) is 18.9 Å². The fourth-order valence-corrected chi connectivity index (χ4v) is 4.57. The molecule has 2 aromatic rings. The van der Waals surface area contributed by atoms with Crippen LogP contribution >= 0.6 is 16.1 Å². The summed E-state index contributed by atoms with van der Waals surface area (Å²) in [6.07, 6.45) is -0.102. The van der Waals surface area contributed by atoms with Crippen molar-refractivity contribution in [3.63, 3.8) is 0 Å². The molecule has 0 saturated heterocycles. The Morgan fingerprint density at radius 1 is 1.09 bits per heavy atom. The number of ether oxygens (including phenoxy) is 4. The molecule has 1 aliphatic rings. The Bertz CT molecular complexity index is 1160. The van der Waals surface area contributed by atoms with Crippen LogP contribution in [0.4, 0.5) is 4.39 Å². The summed E-state index contributed by atoms with van der Waals surface area (Å²) in [6, 6.07) is 5.26. The summed E-state index contributed by atoms with van der Waals surface area (Å²) in [5.74, 6) is 0.975. The minimum atomic E-state index is -0.581. The first-order valence-electron chi connectivity index (χ1n) is 11.3. The topological polar surface area (TPSA) is 69.6 Å². The van der Waals surface area contributed by atoms with Crippen molar-refractivity contribution in [2.45, 2.75) is 52.7 Å². The monoisotopic (exact) mass is 550 g/mol. The van der Waals surface area contributed by atoms with Crippen LogP contribution in [0.3, 0.4) is 0 Å². The summed E-state index contributed by atoms with van der Waals surface area (Å²) in [5, 5.41) is 0. The summed E-state index contributed by atoms with van der Waals surface area (Å²) in [5.41, 5.74) is 1.98. The van der Waals surface area contributed by atoms with Crippen LogP contribution in [0.2, 0.25) is 0 Å². The first-order valence-corrected chi connectivity index (χ1v) is 12.0. The van der Waals surface area contributed by atoms with Gasteiger partial charge in [0, 0.05) is 17.7 Å². The van der Waals surface area contributed by atoms with Crippen LogP contribution in [0.25, 0.3) is 0 Å². The minimum absolute atomic E-state index is 0.00599. The molecule has 0 atom stereocenters. The van der Waals surface area contributed by atoms with Crippen molar-refractivity contribution in [3.8, 4) is 23.0 Å². The van der Waals surface area contributed by atoms with Crippen LogP contribution < -0.4 is 18.9 Å². The quantitative estimate of drug-likeness (QED) is 0.393. The summed E-state index contributed by atoms with van der Waals surface area (Å²) >= 11 is 3.10. The predicted molar refractivity (Wildman–Crippen MR) is 137 cm³/mol. The number of ketones is 1. The Balaban J connectivity index is 2.01. The van der Waals surface area contributed by atoms with E-state index in [9.17, 15) is 4.79 Å². The average molecular weight is 551 g/mol. The molecule has 0 aromatic heterocycles. The molecule has 0 amide bonds. The zero-order chi connectivity index (χ0) is 26.1. The molecule has 0 fully saturated rings. The van der Waals surface area contributed by atoms with E-state index in [0.29, 0.717) is 35.0 Å². The molecule has 0 unspecified atom stereocenters. The van der Waals surface area contributed by atoms with Gasteiger partial charge in [0.1, 0.15) is 5.84 Å². The Morgan fingerprint density at radius 2 is 1.74 bits per heavy atom. The van der Waals surface area contributed by atoms with Crippen molar-refractivity contribution >= 4 is 27.8 Å². The Hall–Kier alpha value is -2.81. The van der Waals surface area contributed by atoms with Gasteiger partial charge in [-0.2, -0.15) is 4.02 Å². The van der Waals surface area contributed by atoms with Crippen molar-refractivity contribution in [3.05, 3.63) is 46.3 Å². The zero-order valence-corrected chi connectivity index (χ0v) is 23.0. The van der Waals surface area contributed by atoms with Crippen molar-refractivity contribution in [1.29, 1.82) is 0 Å². The highest BCUT2D eigenvalue weighted by molar-refractivity contribution is 9.08. The highest BCUT2D eigenvalue weighted by Crippen LogP contribution is 2.41. The second-order valence-corrected chi connectivity index (χ2v) is 9.97. The van der Waals surface area contributed by atoms with Gasteiger partial charge in [0.15, 0.2) is 34.6 Å². The summed E-state index contributed by atoms with van der Waals surface area (Å²) in [4.78, 5) is 15.2. The van der Waals surface area contributed by atoms with Crippen molar-refractivity contribution < 1.29 is 28.1 Å². The van der Waals surface area contributed by atoms with E-state index >= 15 is 4.39 Å². The number of methoxy groups -OCH3 is 3. The molecule has 0 aliphatic carbocycles. The van der Waals surface area contributed by atoms with Gasteiger partial charge in [0.2, 0.25) is 0 Å². The van der Waals surface area contributed by atoms with E-state index in [2.05, 4.69) is 40.9 Å². The molecule has 3 rings (SSSR count). The standard InChI is InChI=1S/C26H32BrFN2O5/c1-14(2)35-20-10-15(9-17(23(20)33-7)26(3,4)5)18(31)13-30-12-16-11-19(32-6)24(34-8)22(28)21(16)25(30)29-27/h9-11,14H,12-13H2,1-8H3. The molecule has 0 N–H and O–H groups in total. The Kier molecular flexibility index (Phi) is 7.99. The van der Waals surface area contributed by atoms with Crippen LogP contribution in [0, 0.1) is 5.82 Å². The molecule has 1 heterocycles. The van der Waals surface area contributed by atoms with Gasteiger partial charge in [-0.15, -0.1) is 0 Å². The first kappa shape index (κ1) is 26.8. The SMILES string of the molecule is COc1cc2c(c(F)c1OC)C(=NBr)N(CC(=O)c1cc(OC(C)C)c(OC)c(C(C)(C)C)c1)C2. The van der Waals surface area contributed by atoms with Crippen LogP contribution in [-0.2, 0) is 12.0 Å². The van der Waals surface area contributed by atoms with Gasteiger partial charge in [-0.05, 0) is 43.0 Å². The molecule has 0 bridgehead atoms. The van der Waals surface area contributed by atoms with E-state index in [1.54, 1.807) is 24.1 Å². The number of fused-ring (bicyclic) bond motifs is 1. The molecular formula is C26H32BrFN2O5. The summed E-state index contributed by atoms with van der Waals surface area (Å²) in [6.45, 7) is 10.3. The fraction of sp³-hybridized carbons (Fsp3) is 0.462. The smallest absolute Gasteiger partial charge is 0.197 e. The molecule has 190 valence electrons. The highest BCUT2D eigenvalue weighted by atomic mass is 79.9. The molecule has 0 spiro atoms. The minimum Gasteiger partial charge on any atom is -0.493 e. The molecule has 2 aromatic carbocycles. The number of Topliss-reactive ketones (excluding diaryl/α,β-unsaturated/α-hetero) is 1. The number of hydrogen-bond donors (Lipinski definition) is 0. The average Bonchev–Trinajstić information content (AvgIpc) is 3.14. The van der Waals surface area contributed by atoms with Gasteiger partial charge in [-0.1, -0.05) is 20.8 Å². The number of carbonyl (C=O) groups is 1. The van der Waals surface area contributed by atoms with E-state index in [0.717, 1.165) is 5.56 Å². The third-order valence-electron chi connectivity index (χ3n) is 5.74. The number of hydrogen-bond acceptors (Lipinski definition) is 6. The van der Waals surface area contributed by atoms with Gasteiger partial charge < -0.3 is 23.8 Å². The van der Waals surface area contributed by atoms with E-state index in [-0.39, 0.29) is 40.9 Å². The van der Waals surface area contributed by atoms with Crippen LogP contribution in [0.15, 0.2) is 22.2 Å². The lowest BCUT2D eigenvalue weighted by Crippen LogP contribution is -2.31. The number of halogens is 2. The van der Waals surface area contributed by atoms with Gasteiger partial charge in [0.25, 0.3) is 0 Å². The molecular weight excluding hydrogens is 519 g/mol. The van der Waals surface area contributed by atoms with Gasteiger partial charge in [-0.3, -0.25) is 4.79 Å². The Labute approximate surface area is 214 Å².